The third kappa shape index (κ3) is 4.07. The Morgan fingerprint density at radius 2 is 1.80 bits per heavy atom. The van der Waals surface area contributed by atoms with Crippen LogP contribution in [0.4, 0.5) is 11.9 Å². The van der Waals surface area contributed by atoms with Gasteiger partial charge in [-0.1, -0.05) is 56.6 Å². The van der Waals surface area contributed by atoms with Crippen LogP contribution in [0.15, 0.2) is 48.5 Å². The van der Waals surface area contributed by atoms with E-state index in [-0.39, 0.29) is 35.6 Å². The lowest BCUT2D eigenvalue weighted by Gasteiger charge is -2.23. The second kappa shape index (κ2) is 7.57. The second-order valence-corrected chi connectivity index (χ2v) is 8.74. The lowest BCUT2D eigenvalue weighted by Crippen LogP contribution is -2.29. The summed E-state index contributed by atoms with van der Waals surface area (Å²) in [6, 6.07) is 14.4. The number of hydrogen-bond acceptors (Lipinski definition) is 4. The first-order valence-electron chi connectivity index (χ1n) is 9.64. The summed E-state index contributed by atoms with van der Waals surface area (Å²) >= 11 is 5.97. The van der Waals surface area contributed by atoms with Gasteiger partial charge in [-0.05, 0) is 40.8 Å². The van der Waals surface area contributed by atoms with Gasteiger partial charge in [0.2, 0.25) is 11.9 Å². The molecule has 0 bridgehead atoms. The van der Waals surface area contributed by atoms with Crippen molar-refractivity contribution >= 4 is 35.3 Å². The molecule has 4 rings (SSSR count). The van der Waals surface area contributed by atoms with Gasteiger partial charge in [0.05, 0.1) is 12.5 Å². The van der Waals surface area contributed by atoms with Crippen molar-refractivity contribution < 1.29 is 9.59 Å². The largest absolute Gasteiger partial charge is 0.295 e. The molecule has 1 aliphatic rings. The molecule has 1 aromatic heterocycles. The van der Waals surface area contributed by atoms with Crippen LogP contribution < -0.4 is 10.6 Å². The molecule has 0 saturated carbocycles. The molecule has 1 aliphatic heterocycles. The first-order valence-corrected chi connectivity index (χ1v) is 10.0. The molecule has 2 amide bonds. The van der Waals surface area contributed by atoms with Crippen molar-refractivity contribution in [3.63, 3.8) is 0 Å². The highest BCUT2D eigenvalue weighted by Crippen LogP contribution is 2.30. The van der Waals surface area contributed by atoms with Crippen LogP contribution >= 0.6 is 11.6 Å². The van der Waals surface area contributed by atoms with Gasteiger partial charge in [-0.3, -0.25) is 20.2 Å². The fourth-order valence-electron chi connectivity index (χ4n) is 3.36. The van der Waals surface area contributed by atoms with Crippen molar-refractivity contribution in [1.82, 2.24) is 14.8 Å². The highest BCUT2D eigenvalue weighted by atomic mass is 35.5. The predicted octanol–water partition coefficient (Wildman–Crippen LogP) is 4.41. The maximum Gasteiger partial charge on any atom is 0.258 e. The molecule has 0 saturated heterocycles. The van der Waals surface area contributed by atoms with Crippen molar-refractivity contribution in [2.24, 2.45) is 0 Å². The van der Waals surface area contributed by atoms with E-state index in [1.165, 1.54) is 0 Å². The van der Waals surface area contributed by atoms with Crippen LogP contribution in [0, 0.1) is 0 Å². The number of carbonyl (C=O) groups is 2. The number of nitrogens with one attached hydrogen (secondary N) is 2. The number of carbonyl (C=O) groups excluding carboxylic acids is 2. The number of nitrogens with zero attached hydrogens (tertiary/aromatic N) is 3. The Balaban J connectivity index is 1.57. The minimum atomic E-state index is -0.324. The number of aromatic nitrogens is 3. The average Bonchev–Trinajstić information content (AvgIpc) is 3.09. The Hall–Kier alpha value is -3.19. The Morgan fingerprint density at radius 3 is 2.43 bits per heavy atom. The molecule has 154 valence electrons. The third-order valence-electron chi connectivity index (χ3n) is 5.05. The summed E-state index contributed by atoms with van der Waals surface area (Å²) in [7, 11) is 0. The molecule has 7 nitrogen and oxygen atoms in total. The number of fused-ring (bicyclic) bond motifs is 1. The third-order valence-corrected chi connectivity index (χ3v) is 5.30. The molecular formula is C22H22ClN5O2. The van der Waals surface area contributed by atoms with E-state index in [1.807, 2.05) is 24.3 Å². The van der Waals surface area contributed by atoms with Gasteiger partial charge < -0.3 is 0 Å². The zero-order valence-corrected chi connectivity index (χ0v) is 17.7. The van der Waals surface area contributed by atoms with Crippen molar-refractivity contribution in [1.29, 1.82) is 0 Å². The van der Waals surface area contributed by atoms with Crippen LogP contribution in [0.3, 0.4) is 0 Å². The van der Waals surface area contributed by atoms with E-state index in [2.05, 4.69) is 41.5 Å². The normalized spacial score (nSPS) is 16.0. The minimum Gasteiger partial charge on any atom is -0.295 e. The van der Waals surface area contributed by atoms with E-state index in [1.54, 1.807) is 28.9 Å². The minimum absolute atomic E-state index is 0.00831. The number of amides is 2. The van der Waals surface area contributed by atoms with Crippen molar-refractivity contribution in [3.05, 3.63) is 70.2 Å². The summed E-state index contributed by atoms with van der Waals surface area (Å²) < 4.78 is 1.61. The van der Waals surface area contributed by atoms with Gasteiger partial charge in [0.15, 0.2) is 0 Å². The molecule has 8 heteroatoms. The highest BCUT2D eigenvalue weighted by molar-refractivity contribution is 6.30. The SMILES string of the molecule is CC(C)(C)c1ccc(C(=O)Nc2nc3n(n2)[C@H](c2ccc(Cl)cc2)CC(=O)N3)cc1. The zero-order chi connectivity index (χ0) is 21.5. The standard InChI is InChI=1S/C22H22ClN5O2/c1-22(2,3)15-8-4-14(5-9-15)19(30)25-20-26-21-24-18(29)12-17(28(21)27-20)13-6-10-16(23)11-7-13/h4-11,17H,12H2,1-3H3,(H2,24,25,26,27,29,30)/t17-/m0/s1. The second-order valence-electron chi connectivity index (χ2n) is 8.30. The highest BCUT2D eigenvalue weighted by Gasteiger charge is 2.29. The fourth-order valence-corrected chi connectivity index (χ4v) is 3.48. The maximum absolute atomic E-state index is 12.6. The molecule has 0 unspecified atom stereocenters. The van der Waals surface area contributed by atoms with Crippen LogP contribution in [-0.4, -0.2) is 26.6 Å². The molecule has 3 aromatic rings. The van der Waals surface area contributed by atoms with Gasteiger partial charge in [0, 0.05) is 10.6 Å². The van der Waals surface area contributed by atoms with E-state index < -0.39 is 0 Å². The van der Waals surface area contributed by atoms with Gasteiger partial charge in [0.25, 0.3) is 11.9 Å². The van der Waals surface area contributed by atoms with Crippen LogP contribution in [0.1, 0.15) is 54.7 Å². The van der Waals surface area contributed by atoms with E-state index in [0.717, 1.165) is 11.1 Å². The van der Waals surface area contributed by atoms with Gasteiger partial charge in [-0.2, -0.15) is 4.98 Å². The lowest BCUT2D eigenvalue weighted by atomic mass is 9.87. The summed E-state index contributed by atoms with van der Waals surface area (Å²) in [5.41, 5.74) is 2.54. The van der Waals surface area contributed by atoms with E-state index in [9.17, 15) is 9.59 Å². The summed E-state index contributed by atoms with van der Waals surface area (Å²) in [4.78, 5) is 29.1. The van der Waals surface area contributed by atoms with Gasteiger partial charge in [-0.15, -0.1) is 5.10 Å². The zero-order valence-electron chi connectivity index (χ0n) is 16.9. The molecule has 0 radical (unpaired) electrons. The molecular weight excluding hydrogens is 402 g/mol. The lowest BCUT2D eigenvalue weighted by molar-refractivity contribution is -0.117. The van der Waals surface area contributed by atoms with Crippen molar-refractivity contribution in [3.8, 4) is 0 Å². The van der Waals surface area contributed by atoms with Crippen LogP contribution in [0.25, 0.3) is 0 Å². The number of benzene rings is 2. The molecule has 2 N–H and O–H groups in total. The van der Waals surface area contributed by atoms with Crippen LogP contribution in [0.5, 0.6) is 0 Å². The number of halogens is 1. The Bertz CT molecular complexity index is 1100. The maximum atomic E-state index is 12.6. The van der Waals surface area contributed by atoms with Crippen LogP contribution in [0.2, 0.25) is 5.02 Å². The van der Waals surface area contributed by atoms with Crippen molar-refractivity contribution in [2.75, 3.05) is 10.6 Å². The van der Waals surface area contributed by atoms with E-state index >= 15 is 0 Å². The van der Waals surface area contributed by atoms with E-state index in [4.69, 9.17) is 11.6 Å². The Kier molecular flexibility index (Phi) is 5.07. The van der Waals surface area contributed by atoms with E-state index in [0.29, 0.717) is 16.5 Å². The molecule has 1 atom stereocenters. The van der Waals surface area contributed by atoms with Gasteiger partial charge >= 0.3 is 0 Å². The molecule has 30 heavy (non-hydrogen) atoms. The first kappa shape index (κ1) is 20.1. The summed E-state index contributed by atoms with van der Waals surface area (Å²) in [6.07, 6.45) is 0.222. The van der Waals surface area contributed by atoms with Gasteiger partial charge in [-0.25, -0.2) is 4.68 Å². The average molecular weight is 424 g/mol. The molecule has 2 aromatic carbocycles. The number of hydrogen-bond donors (Lipinski definition) is 2. The summed E-state index contributed by atoms with van der Waals surface area (Å²) in [5.74, 6) is -0.0427. The van der Waals surface area contributed by atoms with Crippen LogP contribution in [-0.2, 0) is 10.2 Å². The number of anilines is 2. The van der Waals surface area contributed by atoms with Gasteiger partial charge in [0.1, 0.15) is 0 Å². The summed E-state index contributed by atoms with van der Waals surface area (Å²) in [6.45, 7) is 6.35. The van der Waals surface area contributed by atoms with Crippen molar-refractivity contribution in [2.45, 2.75) is 38.6 Å². The molecule has 0 aliphatic carbocycles. The molecule has 0 fully saturated rings. The summed E-state index contributed by atoms with van der Waals surface area (Å²) in [5, 5.41) is 10.4. The predicted molar refractivity (Wildman–Crippen MR) is 116 cm³/mol. The smallest absolute Gasteiger partial charge is 0.258 e. The monoisotopic (exact) mass is 423 g/mol. The quantitative estimate of drug-likeness (QED) is 0.652. The fraction of sp³-hybridized carbons (Fsp3) is 0.273. The Labute approximate surface area is 179 Å². The Morgan fingerprint density at radius 1 is 1.13 bits per heavy atom. The number of rotatable bonds is 3. The molecule has 2 heterocycles. The molecule has 0 spiro atoms. The topological polar surface area (TPSA) is 88.9 Å². The first-order chi connectivity index (χ1) is 14.2.